The molecule has 1 aromatic heterocycles. The van der Waals surface area contributed by atoms with Gasteiger partial charge < -0.3 is 20.5 Å². The Hall–Kier alpha value is -3.11. The number of thiazole rings is 1. The standard InChI is InChI=1S/C20H20BrN5O3S/c1-12-3-5-14(6-4-12)24-19(27)10-29-17-8-15(21)13(7-16(17)28-2)9-23-26-20-25-18(22)11-30-20/h3-9,11H,10,22H2,1-2H3,(H,24,27)(H,25,26). The Morgan fingerprint density at radius 1 is 1.30 bits per heavy atom. The number of ether oxygens (including phenoxy) is 2. The number of nitrogens with two attached hydrogens (primary N) is 1. The van der Waals surface area contributed by atoms with Crippen LogP contribution in [0.1, 0.15) is 11.1 Å². The maximum Gasteiger partial charge on any atom is 0.262 e. The number of rotatable bonds is 8. The summed E-state index contributed by atoms with van der Waals surface area (Å²) in [7, 11) is 1.53. The summed E-state index contributed by atoms with van der Waals surface area (Å²) in [5.41, 5.74) is 11.0. The van der Waals surface area contributed by atoms with Gasteiger partial charge in [0.05, 0.1) is 13.3 Å². The maximum absolute atomic E-state index is 12.2. The van der Waals surface area contributed by atoms with Crippen LogP contribution in [0.3, 0.4) is 0 Å². The Bertz CT molecular complexity index is 1050. The van der Waals surface area contributed by atoms with Gasteiger partial charge in [-0.25, -0.2) is 4.98 Å². The lowest BCUT2D eigenvalue weighted by Crippen LogP contribution is -2.20. The Kier molecular flexibility index (Phi) is 7.26. The maximum atomic E-state index is 12.2. The second-order valence-corrected chi connectivity index (χ2v) is 7.89. The third-order valence-electron chi connectivity index (χ3n) is 3.86. The second kappa shape index (κ2) is 10.1. The van der Waals surface area contributed by atoms with E-state index in [1.54, 1.807) is 23.7 Å². The molecule has 30 heavy (non-hydrogen) atoms. The summed E-state index contributed by atoms with van der Waals surface area (Å²) < 4.78 is 11.8. The monoisotopic (exact) mass is 489 g/mol. The van der Waals surface area contributed by atoms with Gasteiger partial charge in [0.25, 0.3) is 5.91 Å². The summed E-state index contributed by atoms with van der Waals surface area (Å²) in [6, 6.07) is 11.0. The van der Waals surface area contributed by atoms with Crippen LogP contribution in [0.25, 0.3) is 0 Å². The van der Waals surface area contributed by atoms with Crippen LogP contribution < -0.4 is 25.9 Å². The molecule has 2 aromatic carbocycles. The van der Waals surface area contributed by atoms with Crippen LogP contribution in [0.2, 0.25) is 0 Å². The Labute approximate surface area is 186 Å². The molecule has 0 aliphatic heterocycles. The third kappa shape index (κ3) is 5.94. The van der Waals surface area contributed by atoms with Crippen molar-refractivity contribution in [1.29, 1.82) is 0 Å². The van der Waals surface area contributed by atoms with Gasteiger partial charge in [-0.05, 0) is 47.1 Å². The van der Waals surface area contributed by atoms with Crippen LogP contribution in [0.15, 0.2) is 51.4 Å². The van der Waals surface area contributed by atoms with E-state index in [4.69, 9.17) is 15.2 Å². The largest absolute Gasteiger partial charge is 0.493 e. The molecular formula is C20H20BrN5O3S. The van der Waals surface area contributed by atoms with Gasteiger partial charge in [0, 0.05) is 21.1 Å². The third-order valence-corrected chi connectivity index (χ3v) is 5.31. The van der Waals surface area contributed by atoms with E-state index < -0.39 is 0 Å². The highest BCUT2D eigenvalue weighted by Gasteiger charge is 2.12. The van der Waals surface area contributed by atoms with Crippen LogP contribution in [0, 0.1) is 6.92 Å². The van der Waals surface area contributed by atoms with Gasteiger partial charge in [0.15, 0.2) is 18.1 Å². The molecule has 0 saturated carbocycles. The highest BCUT2D eigenvalue weighted by molar-refractivity contribution is 9.10. The van der Waals surface area contributed by atoms with Crippen LogP contribution in [0.5, 0.6) is 11.5 Å². The first-order valence-corrected chi connectivity index (χ1v) is 10.5. The molecule has 3 aromatic rings. The van der Waals surface area contributed by atoms with Crippen molar-refractivity contribution in [3.63, 3.8) is 0 Å². The number of hydrogen-bond donors (Lipinski definition) is 3. The van der Waals surface area contributed by atoms with Crippen molar-refractivity contribution in [3.8, 4) is 11.5 Å². The van der Waals surface area contributed by atoms with Crippen LogP contribution in [0.4, 0.5) is 16.6 Å². The number of anilines is 3. The number of carbonyl (C=O) groups excluding carboxylic acids is 1. The van der Waals surface area contributed by atoms with Crippen LogP contribution >= 0.6 is 27.3 Å². The van der Waals surface area contributed by atoms with E-state index >= 15 is 0 Å². The number of amides is 1. The molecular weight excluding hydrogens is 470 g/mol. The van der Waals surface area contributed by atoms with Crippen molar-refractivity contribution in [3.05, 3.63) is 57.4 Å². The number of methoxy groups -OCH3 is 1. The number of nitrogens with one attached hydrogen (secondary N) is 2. The quantitative estimate of drug-likeness (QED) is 0.321. The van der Waals surface area contributed by atoms with E-state index in [0.29, 0.717) is 28.1 Å². The van der Waals surface area contributed by atoms with Gasteiger partial charge in [-0.2, -0.15) is 5.10 Å². The lowest BCUT2D eigenvalue weighted by atomic mass is 10.2. The number of nitrogen functional groups attached to an aromatic ring is 1. The van der Waals surface area contributed by atoms with Crippen LogP contribution in [-0.4, -0.2) is 30.8 Å². The molecule has 0 aliphatic rings. The van der Waals surface area contributed by atoms with Gasteiger partial charge in [-0.15, -0.1) is 11.3 Å². The molecule has 0 saturated heterocycles. The number of aromatic nitrogens is 1. The molecule has 0 bridgehead atoms. The topological polar surface area (TPSA) is 111 Å². The minimum absolute atomic E-state index is 0.156. The molecule has 0 fully saturated rings. The molecule has 0 spiro atoms. The van der Waals surface area contributed by atoms with E-state index in [9.17, 15) is 4.79 Å². The highest BCUT2D eigenvalue weighted by Crippen LogP contribution is 2.33. The Morgan fingerprint density at radius 3 is 2.73 bits per heavy atom. The zero-order valence-corrected chi connectivity index (χ0v) is 18.7. The van der Waals surface area contributed by atoms with Crippen molar-refractivity contribution in [2.45, 2.75) is 6.92 Å². The lowest BCUT2D eigenvalue weighted by Gasteiger charge is -2.13. The van der Waals surface area contributed by atoms with Gasteiger partial charge in [-0.1, -0.05) is 17.7 Å². The minimum Gasteiger partial charge on any atom is -0.493 e. The average Bonchev–Trinajstić information content (AvgIpc) is 3.14. The summed E-state index contributed by atoms with van der Waals surface area (Å²) >= 11 is 4.83. The molecule has 1 heterocycles. The first-order valence-electron chi connectivity index (χ1n) is 8.81. The molecule has 1 amide bonds. The molecule has 0 radical (unpaired) electrons. The predicted molar refractivity (Wildman–Crippen MR) is 124 cm³/mol. The SMILES string of the molecule is COc1cc(C=NNc2nc(N)cs2)c(Br)cc1OCC(=O)Nc1ccc(C)cc1. The predicted octanol–water partition coefficient (Wildman–Crippen LogP) is 4.27. The van der Waals surface area contributed by atoms with E-state index in [1.807, 2.05) is 31.2 Å². The van der Waals surface area contributed by atoms with Crippen molar-refractivity contribution in [1.82, 2.24) is 4.98 Å². The fraction of sp³-hybridized carbons (Fsp3) is 0.150. The molecule has 0 aliphatic carbocycles. The van der Waals surface area contributed by atoms with Crippen molar-refractivity contribution < 1.29 is 14.3 Å². The smallest absolute Gasteiger partial charge is 0.262 e. The fourth-order valence-electron chi connectivity index (χ4n) is 2.39. The van der Waals surface area contributed by atoms with Crippen LogP contribution in [-0.2, 0) is 4.79 Å². The number of benzene rings is 2. The number of nitrogens with zero attached hydrogens (tertiary/aromatic N) is 2. The van der Waals surface area contributed by atoms with Crippen molar-refractivity contribution in [2.24, 2.45) is 5.10 Å². The summed E-state index contributed by atoms with van der Waals surface area (Å²) in [6.07, 6.45) is 1.61. The zero-order chi connectivity index (χ0) is 21.5. The van der Waals surface area contributed by atoms with E-state index in [-0.39, 0.29) is 12.5 Å². The second-order valence-electron chi connectivity index (χ2n) is 6.17. The summed E-state index contributed by atoms with van der Waals surface area (Å²) in [5, 5.41) is 9.24. The van der Waals surface area contributed by atoms with Gasteiger partial charge in [0.1, 0.15) is 5.82 Å². The Balaban J connectivity index is 1.62. The molecule has 4 N–H and O–H groups in total. The summed E-state index contributed by atoms with van der Waals surface area (Å²) in [6.45, 7) is 1.83. The van der Waals surface area contributed by atoms with Gasteiger partial charge >= 0.3 is 0 Å². The number of carbonyl (C=O) groups is 1. The fourth-order valence-corrected chi connectivity index (χ4v) is 3.37. The summed E-state index contributed by atoms with van der Waals surface area (Å²) in [4.78, 5) is 16.2. The van der Waals surface area contributed by atoms with E-state index in [1.165, 1.54) is 18.4 Å². The number of aryl methyl sites for hydroxylation is 1. The van der Waals surface area contributed by atoms with E-state index in [2.05, 4.69) is 36.8 Å². The summed E-state index contributed by atoms with van der Waals surface area (Å²) in [5.74, 6) is 1.07. The zero-order valence-electron chi connectivity index (χ0n) is 16.3. The van der Waals surface area contributed by atoms with E-state index in [0.717, 1.165) is 15.6 Å². The lowest BCUT2D eigenvalue weighted by molar-refractivity contribution is -0.118. The minimum atomic E-state index is -0.269. The molecule has 156 valence electrons. The first kappa shape index (κ1) is 21.6. The highest BCUT2D eigenvalue weighted by atomic mass is 79.9. The molecule has 3 rings (SSSR count). The van der Waals surface area contributed by atoms with Crippen molar-refractivity contribution >= 4 is 56.0 Å². The van der Waals surface area contributed by atoms with Gasteiger partial charge in [-0.3, -0.25) is 10.2 Å². The van der Waals surface area contributed by atoms with Gasteiger partial charge in [0.2, 0.25) is 5.13 Å². The van der Waals surface area contributed by atoms with Crippen molar-refractivity contribution in [2.75, 3.05) is 30.2 Å². The normalized spacial score (nSPS) is 10.8. The number of hydrazone groups is 1. The number of hydrogen-bond acceptors (Lipinski definition) is 8. The Morgan fingerprint density at radius 2 is 2.07 bits per heavy atom. The molecule has 0 unspecified atom stereocenters. The molecule has 0 atom stereocenters. The molecule has 8 nitrogen and oxygen atoms in total. The molecule has 10 heteroatoms. The number of halogens is 1. The first-order chi connectivity index (χ1) is 14.4. The average molecular weight is 490 g/mol.